The van der Waals surface area contributed by atoms with Crippen LogP contribution in [0.1, 0.15) is 23.2 Å². The first-order chi connectivity index (χ1) is 9.15. The first kappa shape index (κ1) is 14.6. The largest absolute Gasteiger partial charge is 0.457 e. The van der Waals surface area contributed by atoms with Gasteiger partial charge in [0.25, 0.3) is 5.91 Å². The number of ether oxygens (including phenoxy) is 1. The molecular weight excluding hydrogens is 312 g/mol. The molecular formula is C13H19BrN2O3. The highest BCUT2D eigenvalue weighted by Crippen LogP contribution is 2.28. The zero-order valence-corrected chi connectivity index (χ0v) is 12.6. The van der Waals surface area contributed by atoms with Crippen molar-refractivity contribution in [3.63, 3.8) is 0 Å². The molecule has 2 heterocycles. The van der Waals surface area contributed by atoms with Crippen molar-refractivity contribution in [3.8, 4) is 0 Å². The summed E-state index contributed by atoms with van der Waals surface area (Å²) in [4.78, 5) is 12.0. The monoisotopic (exact) mass is 330 g/mol. The summed E-state index contributed by atoms with van der Waals surface area (Å²) in [6.07, 6.45) is 3.47. The van der Waals surface area contributed by atoms with Crippen molar-refractivity contribution < 1.29 is 13.9 Å². The summed E-state index contributed by atoms with van der Waals surface area (Å²) < 4.78 is 11.0. The number of rotatable bonds is 5. The minimum Gasteiger partial charge on any atom is -0.457 e. The predicted octanol–water partition coefficient (Wildman–Crippen LogP) is 1.79. The number of furan rings is 1. The zero-order valence-electron chi connectivity index (χ0n) is 11.0. The van der Waals surface area contributed by atoms with E-state index in [-0.39, 0.29) is 11.3 Å². The summed E-state index contributed by atoms with van der Waals surface area (Å²) >= 11 is 3.19. The number of methoxy groups -OCH3 is 1. The maximum Gasteiger partial charge on any atom is 0.254 e. The van der Waals surface area contributed by atoms with Crippen LogP contribution in [0.25, 0.3) is 0 Å². The van der Waals surface area contributed by atoms with Crippen molar-refractivity contribution in [1.29, 1.82) is 0 Å². The number of carbonyl (C=O) groups is 1. The molecule has 0 spiro atoms. The minimum absolute atomic E-state index is 0.0383. The Morgan fingerprint density at radius 1 is 1.58 bits per heavy atom. The van der Waals surface area contributed by atoms with Gasteiger partial charge in [0, 0.05) is 25.1 Å². The Morgan fingerprint density at radius 2 is 2.32 bits per heavy atom. The number of amides is 1. The van der Waals surface area contributed by atoms with E-state index >= 15 is 0 Å². The molecule has 0 bridgehead atoms. The van der Waals surface area contributed by atoms with Crippen LogP contribution in [0.2, 0.25) is 0 Å². The molecule has 1 aliphatic heterocycles. The fourth-order valence-corrected chi connectivity index (χ4v) is 2.77. The molecule has 2 rings (SSSR count). The van der Waals surface area contributed by atoms with Crippen LogP contribution in [0.15, 0.2) is 21.4 Å². The van der Waals surface area contributed by atoms with Gasteiger partial charge < -0.3 is 19.8 Å². The summed E-state index contributed by atoms with van der Waals surface area (Å²) in [6.45, 7) is 3.24. The van der Waals surface area contributed by atoms with Gasteiger partial charge in [0.1, 0.15) is 6.26 Å². The predicted molar refractivity (Wildman–Crippen MR) is 75.2 cm³/mol. The Morgan fingerprint density at radius 3 is 2.89 bits per heavy atom. The fraction of sp³-hybridized carbons (Fsp3) is 0.615. The molecule has 6 heteroatoms. The molecule has 19 heavy (non-hydrogen) atoms. The van der Waals surface area contributed by atoms with E-state index in [1.165, 1.54) is 6.26 Å². The van der Waals surface area contributed by atoms with Gasteiger partial charge in [-0.2, -0.15) is 0 Å². The van der Waals surface area contributed by atoms with Gasteiger partial charge in [0.2, 0.25) is 0 Å². The standard InChI is InChI=1S/C13H19BrN2O3/c1-18-9-13(2-4-15-5-3-13)8-16-12(17)10-6-11(14)19-7-10/h6-7,15H,2-5,8-9H2,1H3,(H,16,17). The normalized spacial score (nSPS) is 18.2. The lowest BCUT2D eigenvalue weighted by Crippen LogP contribution is -2.47. The molecule has 106 valence electrons. The van der Waals surface area contributed by atoms with Gasteiger partial charge in [0.15, 0.2) is 4.67 Å². The third kappa shape index (κ3) is 3.81. The fourth-order valence-electron chi connectivity index (χ4n) is 2.43. The number of hydrogen-bond acceptors (Lipinski definition) is 4. The average molecular weight is 331 g/mol. The summed E-state index contributed by atoms with van der Waals surface area (Å²) in [5.41, 5.74) is 0.574. The smallest absolute Gasteiger partial charge is 0.254 e. The molecule has 0 aromatic carbocycles. The quantitative estimate of drug-likeness (QED) is 0.863. The van der Waals surface area contributed by atoms with Gasteiger partial charge in [-0.25, -0.2) is 0 Å². The van der Waals surface area contributed by atoms with Crippen molar-refractivity contribution in [2.45, 2.75) is 12.8 Å². The third-order valence-corrected chi connectivity index (χ3v) is 3.98. The summed E-state index contributed by atoms with van der Waals surface area (Å²) in [5.74, 6) is -0.108. The van der Waals surface area contributed by atoms with Crippen LogP contribution in [-0.4, -0.2) is 39.3 Å². The Hall–Kier alpha value is -0.850. The first-order valence-electron chi connectivity index (χ1n) is 6.37. The molecule has 0 radical (unpaired) electrons. The Labute approximate surface area is 121 Å². The second kappa shape index (κ2) is 6.54. The van der Waals surface area contributed by atoms with Crippen LogP contribution in [-0.2, 0) is 4.74 Å². The lowest BCUT2D eigenvalue weighted by atomic mass is 9.79. The van der Waals surface area contributed by atoms with Gasteiger partial charge in [-0.3, -0.25) is 4.79 Å². The number of halogens is 1. The molecule has 1 aromatic heterocycles. The molecule has 5 nitrogen and oxygen atoms in total. The van der Waals surface area contributed by atoms with Crippen LogP contribution >= 0.6 is 15.9 Å². The topological polar surface area (TPSA) is 63.5 Å². The van der Waals surface area contributed by atoms with E-state index < -0.39 is 0 Å². The highest BCUT2D eigenvalue weighted by atomic mass is 79.9. The van der Waals surface area contributed by atoms with Crippen molar-refractivity contribution >= 4 is 21.8 Å². The zero-order chi connectivity index (χ0) is 13.7. The molecule has 2 N–H and O–H groups in total. The Balaban J connectivity index is 1.93. The Bertz CT molecular complexity index is 422. The number of hydrogen-bond donors (Lipinski definition) is 2. The van der Waals surface area contributed by atoms with Crippen LogP contribution in [0.3, 0.4) is 0 Å². The van der Waals surface area contributed by atoms with Crippen molar-refractivity contribution in [2.75, 3.05) is 33.4 Å². The summed E-state index contributed by atoms with van der Waals surface area (Å²) in [5, 5.41) is 6.31. The molecule has 1 aromatic rings. The first-order valence-corrected chi connectivity index (χ1v) is 7.16. The lowest BCUT2D eigenvalue weighted by Gasteiger charge is -2.37. The van der Waals surface area contributed by atoms with E-state index in [2.05, 4.69) is 26.6 Å². The molecule has 0 atom stereocenters. The highest BCUT2D eigenvalue weighted by molar-refractivity contribution is 9.10. The van der Waals surface area contributed by atoms with Crippen molar-refractivity contribution in [1.82, 2.24) is 10.6 Å². The van der Waals surface area contributed by atoms with Gasteiger partial charge in [-0.05, 0) is 41.9 Å². The molecule has 1 aliphatic rings. The van der Waals surface area contributed by atoms with Crippen LogP contribution in [0.4, 0.5) is 0 Å². The maximum absolute atomic E-state index is 12.0. The van der Waals surface area contributed by atoms with Crippen LogP contribution in [0, 0.1) is 5.41 Å². The SMILES string of the molecule is COCC1(CNC(=O)c2coc(Br)c2)CCNCC1. The maximum atomic E-state index is 12.0. The van der Waals surface area contributed by atoms with E-state index in [4.69, 9.17) is 9.15 Å². The van der Waals surface area contributed by atoms with Gasteiger partial charge in [0.05, 0.1) is 12.2 Å². The Kier molecular flexibility index (Phi) is 5.01. The number of nitrogens with one attached hydrogen (secondary N) is 2. The molecule has 1 fully saturated rings. The second-order valence-corrected chi connectivity index (χ2v) is 5.79. The van der Waals surface area contributed by atoms with E-state index in [9.17, 15) is 4.79 Å². The molecule has 1 saturated heterocycles. The lowest BCUT2D eigenvalue weighted by molar-refractivity contribution is 0.0511. The van der Waals surface area contributed by atoms with Crippen molar-refractivity contribution in [2.24, 2.45) is 5.41 Å². The van der Waals surface area contributed by atoms with E-state index in [0.29, 0.717) is 23.4 Å². The summed E-state index contributed by atoms with van der Waals surface area (Å²) in [6, 6.07) is 1.67. The summed E-state index contributed by atoms with van der Waals surface area (Å²) in [7, 11) is 1.71. The second-order valence-electron chi connectivity index (χ2n) is 5.01. The van der Waals surface area contributed by atoms with E-state index in [1.807, 2.05) is 0 Å². The molecule has 0 aliphatic carbocycles. The molecule has 1 amide bonds. The van der Waals surface area contributed by atoms with E-state index in [0.717, 1.165) is 25.9 Å². The average Bonchev–Trinajstić information content (AvgIpc) is 2.84. The van der Waals surface area contributed by atoms with Crippen molar-refractivity contribution in [3.05, 3.63) is 22.6 Å². The third-order valence-electron chi connectivity index (χ3n) is 3.57. The minimum atomic E-state index is -0.108. The number of piperidine rings is 1. The van der Waals surface area contributed by atoms with E-state index in [1.54, 1.807) is 13.2 Å². The van der Waals surface area contributed by atoms with Gasteiger partial charge in [-0.15, -0.1) is 0 Å². The van der Waals surface area contributed by atoms with Crippen LogP contribution < -0.4 is 10.6 Å². The molecule has 0 unspecified atom stereocenters. The van der Waals surface area contributed by atoms with Gasteiger partial charge in [-0.1, -0.05) is 0 Å². The molecule has 0 saturated carbocycles. The van der Waals surface area contributed by atoms with Crippen LogP contribution in [0.5, 0.6) is 0 Å². The van der Waals surface area contributed by atoms with Gasteiger partial charge >= 0.3 is 0 Å². The number of carbonyl (C=O) groups excluding carboxylic acids is 1. The highest BCUT2D eigenvalue weighted by Gasteiger charge is 2.32.